The summed E-state index contributed by atoms with van der Waals surface area (Å²) in [7, 11) is 2.07. The number of likely N-dealkylation sites (N-methyl/N-ethyl adjacent to an activating group) is 1. The number of carbonyl (C=O) groups excluding carboxylic acids is 1. The van der Waals surface area contributed by atoms with Gasteiger partial charge in [0.1, 0.15) is 0 Å². The molecule has 0 saturated carbocycles. The summed E-state index contributed by atoms with van der Waals surface area (Å²) in [5, 5.41) is 3.34. The van der Waals surface area contributed by atoms with Crippen LogP contribution in [0.3, 0.4) is 0 Å². The van der Waals surface area contributed by atoms with Gasteiger partial charge in [-0.2, -0.15) is 0 Å². The lowest BCUT2D eigenvalue weighted by Gasteiger charge is -2.35. The van der Waals surface area contributed by atoms with Gasteiger partial charge < -0.3 is 15.1 Å². The van der Waals surface area contributed by atoms with Crippen molar-refractivity contribution in [1.82, 2.24) is 0 Å². The van der Waals surface area contributed by atoms with Crippen LogP contribution in [0.15, 0.2) is 42.5 Å². The molecule has 4 heteroatoms. The average molecular weight is 293 g/mol. The molecule has 112 valence electrons. The van der Waals surface area contributed by atoms with E-state index in [9.17, 15) is 4.79 Å². The molecule has 0 saturated heterocycles. The highest BCUT2D eigenvalue weighted by molar-refractivity contribution is 6.08. The van der Waals surface area contributed by atoms with Gasteiger partial charge in [0.05, 0.1) is 11.4 Å². The maximum absolute atomic E-state index is 13.0. The number of carbonyl (C=O) groups is 1. The van der Waals surface area contributed by atoms with Crippen LogP contribution in [0.2, 0.25) is 0 Å². The van der Waals surface area contributed by atoms with Crippen molar-refractivity contribution in [3.05, 3.63) is 53.6 Å². The lowest BCUT2D eigenvalue weighted by Crippen LogP contribution is -2.42. The molecule has 4 rings (SSSR count). The summed E-state index contributed by atoms with van der Waals surface area (Å²) in [6.07, 6.45) is 0.996. The van der Waals surface area contributed by atoms with Crippen LogP contribution < -0.4 is 15.1 Å². The number of anilines is 3. The van der Waals surface area contributed by atoms with E-state index in [0.29, 0.717) is 0 Å². The first-order valence-corrected chi connectivity index (χ1v) is 7.73. The minimum Gasteiger partial charge on any atom is -0.384 e. The van der Waals surface area contributed by atoms with Gasteiger partial charge in [-0.25, -0.2) is 0 Å². The van der Waals surface area contributed by atoms with Crippen LogP contribution in [-0.4, -0.2) is 32.6 Å². The van der Waals surface area contributed by atoms with Crippen LogP contribution in [0, 0.1) is 0 Å². The molecule has 0 atom stereocenters. The van der Waals surface area contributed by atoms with Crippen molar-refractivity contribution in [1.29, 1.82) is 0 Å². The maximum atomic E-state index is 13.0. The number of benzene rings is 2. The summed E-state index contributed by atoms with van der Waals surface area (Å²) in [6, 6.07) is 14.1. The molecule has 2 aromatic carbocycles. The highest BCUT2D eigenvalue weighted by atomic mass is 16.2. The molecule has 0 radical (unpaired) electrons. The first-order valence-electron chi connectivity index (χ1n) is 7.73. The zero-order valence-electron chi connectivity index (χ0n) is 12.7. The fourth-order valence-corrected chi connectivity index (χ4v) is 3.31. The zero-order valence-corrected chi connectivity index (χ0v) is 12.7. The van der Waals surface area contributed by atoms with Crippen molar-refractivity contribution in [2.45, 2.75) is 6.42 Å². The van der Waals surface area contributed by atoms with E-state index in [1.54, 1.807) is 0 Å². The third-order valence-electron chi connectivity index (χ3n) is 4.55. The highest BCUT2D eigenvalue weighted by Crippen LogP contribution is 2.33. The molecule has 0 aromatic heterocycles. The molecule has 0 spiro atoms. The molecule has 2 aliphatic heterocycles. The van der Waals surface area contributed by atoms with Gasteiger partial charge in [-0.1, -0.05) is 12.1 Å². The summed E-state index contributed by atoms with van der Waals surface area (Å²) < 4.78 is 0. The van der Waals surface area contributed by atoms with Crippen molar-refractivity contribution in [3.8, 4) is 0 Å². The van der Waals surface area contributed by atoms with Crippen molar-refractivity contribution in [2.24, 2.45) is 0 Å². The molecule has 0 aliphatic carbocycles. The molecule has 2 heterocycles. The van der Waals surface area contributed by atoms with Crippen LogP contribution in [0.1, 0.15) is 15.9 Å². The predicted octanol–water partition coefficient (Wildman–Crippen LogP) is 2.75. The first kappa shape index (κ1) is 13.2. The highest BCUT2D eigenvalue weighted by Gasteiger charge is 2.26. The van der Waals surface area contributed by atoms with E-state index < -0.39 is 0 Å². The van der Waals surface area contributed by atoms with E-state index in [-0.39, 0.29) is 5.91 Å². The van der Waals surface area contributed by atoms with Gasteiger partial charge in [0.2, 0.25) is 0 Å². The second kappa shape index (κ2) is 5.05. The Balaban J connectivity index is 1.70. The summed E-state index contributed by atoms with van der Waals surface area (Å²) >= 11 is 0. The quantitative estimate of drug-likeness (QED) is 0.878. The normalized spacial score (nSPS) is 16.0. The Morgan fingerprint density at radius 3 is 2.77 bits per heavy atom. The van der Waals surface area contributed by atoms with Crippen molar-refractivity contribution < 1.29 is 4.79 Å². The van der Waals surface area contributed by atoms with Crippen molar-refractivity contribution in [3.63, 3.8) is 0 Å². The first-order chi connectivity index (χ1) is 10.7. The smallest absolute Gasteiger partial charge is 0.258 e. The Kier molecular flexibility index (Phi) is 3.03. The van der Waals surface area contributed by atoms with E-state index >= 15 is 0 Å². The molecule has 4 nitrogen and oxygen atoms in total. The number of rotatable bonds is 1. The fraction of sp³-hybridized carbons (Fsp3) is 0.278. The number of fused-ring (bicyclic) bond motifs is 2. The average Bonchev–Trinajstić information content (AvgIpc) is 3.02. The maximum Gasteiger partial charge on any atom is 0.258 e. The minimum absolute atomic E-state index is 0.0928. The lowest BCUT2D eigenvalue weighted by atomic mass is 10.1. The van der Waals surface area contributed by atoms with Gasteiger partial charge in [0.15, 0.2) is 0 Å². The van der Waals surface area contributed by atoms with Gasteiger partial charge in [-0.3, -0.25) is 4.79 Å². The number of para-hydroxylation sites is 2. The Bertz CT molecular complexity index is 741. The number of nitrogens with zero attached hydrogens (tertiary/aromatic N) is 2. The molecule has 0 unspecified atom stereocenters. The van der Waals surface area contributed by atoms with Crippen LogP contribution in [0.5, 0.6) is 0 Å². The number of hydrogen-bond acceptors (Lipinski definition) is 3. The van der Waals surface area contributed by atoms with E-state index in [2.05, 4.69) is 23.3 Å². The molecule has 2 aromatic rings. The Morgan fingerprint density at radius 2 is 1.91 bits per heavy atom. The Hall–Kier alpha value is -2.49. The molecule has 22 heavy (non-hydrogen) atoms. The summed E-state index contributed by atoms with van der Waals surface area (Å²) in [5.41, 5.74) is 5.30. The number of hydrogen-bond donors (Lipinski definition) is 1. The molecular weight excluding hydrogens is 274 g/mol. The van der Waals surface area contributed by atoms with Crippen LogP contribution in [0.25, 0.3) is 0 Å². The fourth-order valence-electron chi connectivity index (χ4n) is 3.31. The zero-order chi connectivity index (χ0) is 15.1. The summed E-state index contributed by atoms with van der Waals surface area (Å²) in [6.45, 7) is 2.54. The predicted molar refractivity (Wildman–Crippen MR) is 90.0 cm³/mol. The molecule has 0 bridgehead atoms. The van der Waals surface area contributed by atoms with Gasteiger partial charge in [-0.05, 0) is 42.3 Å². The third kappa shape index (κ3) is 2.03. The van der Waals surface area contributed by atoms with Gasteiger partial charge >= 0.3 is 0 Å². The number of amides is 1. The standard InChI is InChI=1S/C18H19N3O/c1-20-10-11-21(17-5-3-2-4-16(17)20)18(22)14-6-7-15-13(12-14)8-9-19-15/h2-7,12,19H,8-11H2,1H3. The van der Waals surface area contributed by atoms with E-state index in [4.69, 9.17) is 0 Å². The number of nitrogens with one attached hydrogen (secondary N) is 1. The second-order valence-corrected chi connectivity index (χ2v) is 5.92. The van der Waals surface area contributed by atoms with E-state index in [1.807, 2.05) is 41.3 Å². The van der Waals surface area contributed by atoms with Crippen LogP contribution in [-0.2, 0) is 6.42 Å². The molecule has 0 fully saturated rings. The van der Waals surface area contributed by atoms with Gasteiger partial charge in [-0.15, -0.1) is 0 Å². The van der Waals surface area contributed by atoms with Crippen LogP contribution in [0.4, 0.5) is 17.1 Å². The Labute approximate surface area is 130 Å². The summed E-state index contributed by atoms with van der Waals surface area (Å²) in [4.78, 5) is 17.1. The topological polar surface area (TPSA) is 35.6 Å². The van der Waals surface area contributed by atoms with E-state index in [0.717, 1.165) is 48.7 Å². The molecule has 1 N–H and O–H groups in total. The molecular formula is C18H19N3O. The van der Waals surface area contributed by atoms with Gasteiger partial charge in [0.25, 0.3) is 5.91 Å². The largest absolute Gasteiger partial charge is 0.384 e. The molecule has 1 amide bonds. The monoisotopic (exact) mass is 293 g/mol. The summed E-state index contributed by atoms with van der Waals surface area (Å²) in [5.74, 6) is 0.0928. The third-order valence-corrected chi connectivity index (χ3v) is 4.55. The minimum atomic E-state index is 0.0928. The molecule has 2 aliphatic rings. The lowest BCUT2D eigenvalue weighted by molar-refractivity contribution is 0.0986. The van der Waals surface area contributed by atoms with Gasteiger partial charge in [0, 0.05) is 37.9 Å². The van der Waals surface area contributed by atoms with E-state index in [1.165, 1.54) is 5.56 Å². The van der Waals surface area contributed by atoms with Crippen LogP contribution >= 0.6 is 0 Å². The Morgan fingerprint density at radius 1 is 1.09 bits per heavy atom. The SMILES string of the molecule is CN1CCN(C(=O)c2ccc3c(c2)CCN3)c2ccccc21. The van der Waals surface area contributed by atoms with Crippen molar-refractivity contribution in [2.75, 3.05) is 41.8 Å². The van der Waals surface area contributed by atoms with Crippen molar-refractivity contribution >= 4 is 23.0 Å². The second-order valence-electron chi connectivity index (χ2n) is 5.92.